The van der Waals surface area contributed by atoms with Crippen LogP contribution < -0.4 is 4.90 Å². The molecule has 2 amide bonds. The summed E-state index contributed by atoms with van der Waals surface area (Å²) in [4.78, 5) is 28.4. The van der Waals surface area contributed by atoms with Crippen LogP contribution in [0.2, 0.25) is 5.02 Å². The highest BCUT2D eigenvalue weighted by atomic mass is 35.5. The van der Waals surface area contributed by atoms with Crippen LogP contribution in [0.4, 0.5) is 5.69 Å². The summed E-state index contributed by atoms with van der Waals surface area (Å²) in [5, 5.41) is 0.673. The third-order valence-corrected chi connectivity index (χ3v) is 5.78. The molecule has 0 saturated carbocycles. The van der Waals surface area contributed by atoms with Crippen molar-refractivity contribution in [3.05, 3.63) is 68.6 Å². The van der Waals surface area contributed by atoms with E-state index in [-0.39, 0.29) is 17.1 Å². The fourth-order valence-corrected chi connectivity index (χ4v) is 4.37. The number of carbonyl (C=O) groups excluding carboxylic acids is 2. The van der Waals surface area contributed by atoms with Gasteiger partial charge in [0, 0.05) is 10.3 Å². The van der Waals surface area contributed by atoms with Crippen molar-refractivity contribution in [1.82, 2.24) is 0 Å². The first-order valence-corrected chi connectivity index (χ1v) is 10.1. The Hall–Kier alpha value is -2.04. The van der Waals surface area contributed by atoms with Gasteiger partial charge in [0.15, 0.2) is 0 Å². The number of rotatable bonds is 4. The van der Waals surface area contributed by atoms with E-state index < -0.39 is 0 Å². The summed E-state index contributed by atoms with van der Waals surface area (Å²) in [5.74, 6) is -0.570. The number of thioether (sulfide) groups is 1. The van der Waals surface area contributed by atoms with E-state index in [9.17, 15) is 9.59 Å². The van der Waals surface area contributed by atoms with Gasteiger partial charge in [-0.15, -0.1) is 11.8 Å². The second kappa shape index (κ2) is 7.53. The van der Waals surface area contributed by atoms with Crippen LogP contribution in [-0.4, -0.2) is 17.1 Å². The quantitative estimate of drug-likeness (QED) is 0.619. The zero-order valence-corrected chi connectivity index (χ0v) is 17.7. The highest BCUT2D eigenvalue weighted by Crippen LogP contribution is 2.42. The number of anilines is 1. The zero-order valence-electron chi connectivity index (χ0n) is 16.1. The topological polar surface area (TPSA) is 37.4 Å². The van der Waals surface area contributed by atoms with Gasteiger partial charge in [-0.3, -0.25) is 9.59 Å². The second-order valence-corrected chi connectivity index (χ2v) is 9.09. The molecule has 2 aromatic carbocycles. The molecule has 0 N–H and O–H groups in total. The molecular weight excluding hydrogens is 378 g/mol. The smallest absolute Gasteiger partial charge is 0.268 e. The van der Waals surface area contributed by atoms with E-state index in [2.05, 4.69) is 0 Å². The van der Waals surface area contributed by atoms with Gasteiger partial charge in [0.1, 0.15) is 0 Å². The van der Waals surface area contributed by atoms with Crippen LogP contribution in [0.25, 0.3) is 5.57 Å². The van der Waals surface area contributed by atoms with Gasteiger partial charge < -0.3 is 0 Å². The van der Waals surface area contributed by atoms with Crippen LogP contribution in [-0.2, 0) is 9.59 Å². The van der Waals surface area contributed by atoms with Crippen LogP contribution in [0.5, 0.6) is 0 Å². The van der Waals surface area contributed by atoms with Crippen LogP contribution in [0, 0.1) is 20.8 Å². The average Bonchev–Trinajstić information content (AvgIpc) is 2.81. The van der Waals surface area contributed by atoms with Gasteiger partial charge >= 0.3 is 0 Å². The average molecular weight is 400 g/mol. The Kier molecular flexibility index (Phi) is 5.50. The van der Waals surface area contributed by atoms with Crippen molar-refractivity contribution in [2.24, 2.45) is 0 Å². The number of nitrogens with zero attached hydrogens (tertiary/aromatic N) is 1. The van der Waals surface area contributed by atoms with Crippen molar-refractivity contribution < 1.29 is 9.59 Å². The lowest BCUT2D eigenvalue weighted by molar-refractivity contribution is -0.119. The van der Waals surface area contributed by atoms with Crippen molar-refractivity contribution >= 4 is 46.4 Å². The molecule has 1 heterocycles. The molecule has 0 atom stereocenters. The number of hydrogen-bond acceptors (Lipinski definition) is 3. The van der Waals surface area contributed by atoms with E-state index in [4.69, 9.17) is 11.6 Å². The van der Waals surface area contributed by atoms with E-state index in [0.717, 1.165) is 22.3 Å². The molecule has 1 aliphatic rings. The first-order valence-electron chi connectivity index (χ1n) is 8.84. The van der Waals surface area contributed by atoms with E-state index in [1.807, 2.05) is 58.9 Å². The van der Waals surface area contributed by atoms with E-state index >= 15 is 0 Å². The summed E-state index contributed by atoms with van der Waals surface area (Å²) in [6.45, 7) is 9.89. The third kappa shape index (κ3) is 3.69. The monoisotopic (exact) mass is 399 g/mol. The number of amides is 2. The molecule has 3 nitrogen and oxygen atoms in total. The fourth-order valence-electron chi connectivity index (χ4n) is 3.23. The zero-order chi connectivity index (χ0) is 19.9. The Balaban J connectivity index is 2.19. The van der Waals surface area contributed by atoms with Crippen LogP contribution in [0.3, 0.4) is 0 Å². The van der Waals surface area contributed by atoms with Gasteiger partial charge in [-0.2, -0.15) is 0 Å². The number of imide groups is 1. The number of hydrogen-bond donors (Lipinski definition) is 0. The Morgan fingerprint density at radius 2 is 1.63 bits per heavy atom. The lowest BCUT2D eigenvalue weighted by atomic mass is 9.98. The standard InChI is InChI=1S/C22H22ClNO2S/c1-12(2)27-20-19(17-9-6-13(3)10-15(17)5)21(25)24(22(20)26)18-11-16(23)8-7-14(18)4/h6-12H,1-5H3. The van der Waals surface area contributed by atoms with Crippen LogP contribution in [0.1, 0.15) is 36.1 Å². The van der Waals surface area contributed by atoms with E-state index in [0.29, 0.717) is 21.2 Å². The minimum atomic E-state index is -0.291. The summed E-state index contributed by atoms with van der Waals surface area (Å²) in [6, 6.07) is 11.2. The molecule has 0 unspecified atom stereocenters. The molecule has 0 bridgehead atoms. The number of aryl methyl sites for hydroxylation is 3. The first kappa shape index (κ1) is 19.7. The highest BCUT2D eigenvalue weighted by Gasteiger charge is 2.41. The Morgan fingerprint density at radius 3 is 2.26 bits per heavy atom. The molecule has 2 aromatic rings. The largest absolute Gasteiger partial charge is 0.272 e. The van der Waals surface area contributed by atoms with Crippen molar-refractivity contribution in [2.45, 2.75) is 39.9 Å². The van der Waals surface area contributed by atoms with Gasteiger partial charge in [0.2, 0.25) is 0 Å². The first-order chi connectivity index (χ1) is 12.7. The Morgan fingerprint density at radius 1 is 0.926 bits per heavy atom. The van der Waals surface area contributed by atoms with Gasteiger partial charge in [0.05, 0.1) is 16.2 Å². The summed E-state index contributed by atoms with van der Waals surface area (Å²) >= 11 is 7.57. The van der Waals surface area contributed by atoms with Crippen molar-refractivity contribution in [1.29, 1.82) is 0 Å². The normalized spacial score (nSPS) is 14.7. The van der Waals surface area contributed by atoms with Crippen molar-refractivity contribution in [3.8, 4) is 0 Å². The second-order valence-electron chi connectivity index (χ2n) is 7.07. The van der Waals surface area contributed by atoms with Crippen LogP contribution in [0.15, 0.2) is 41.3 Å². The molecule has 1 aliphatic heterocycles. The Bertz CT molecular complexity index is 978. The predicted octanol–water partition coefficient (Wildman–Crippen LogP) is 5.69. The summed E-state index contributed by atoms with van der Waals surface area (Å²) in [6.07, 6.45) is 0. The molecule has 0 fully saturated rings. The molecule has 0 saturated heterocycles. The Labute approximate surface area is 169 Å². The van der Waals surface area contributed by atoms with Crippen molar-refractivity contribution in [2.75, 3.05) is 4.90 Å². The molecule has 0 aliphatic carbocycles. The van der Waals surface area contributed by atoms with E-state index in [1.54, 1.807) is 12.1 Å². The molecule has 0 aromatic heterocycles. The van der Waals surface area contributed by atoms with Gasteiger partial charge in [-0.25, -0.2) is 4.90 Å². The summed E-state index contributed by atoms with van der Waals surface area (Å²) < 4.78 is 0. The predicted molar refractivity (Wildman–Crippen MR) is 114 cm³/mol. The van der Waals surface area contributed by atoms with Gasteiger partial charge in [-0.1, -0.05) is 55.3 Å². The number of benzene rings is 2. The molecule has 3 rings (SSSR count). The molecule has 0 radical (unpaired) electrons. The summed E-state index contributed by atoms with van der Waals surface area (Å²) in [7, 11) is 0. The molecule has 5 heteroatoms. The maximum absolute atomic E-state index is 13.4. The minimum Gasteiger partial charge on any atom is -0.268 e. The molecule has 140 valence electrons. The minimum absolute atomic E-state index is 0.179. The lowest BCUT2D eigenvalue weighted by Crippen LogP contribution is -2.32. The maximum atomic E-state index is 13.4. The van der Waals surface area contributed by atoms with Gasteiger partial charge in [-0.05, 0) is 49.6 Å². The fraction of sp³-hybridized carbons (Fsp3) is 0.273. The number of carbonyl (C=O) groups is 2. The lowest BCUT2D eigenvalue weighted by Gasteiger charge is -2.18. The van der Waals surface area contributed by atoms with Gasteiger partial charge in [0.25, 0.3) is 11.8 Å². The molecular formula is C22H22ClNO2S. The maximum Gasteiger partial charge on any atom is 0.272 e. The molecule has 27 heavy (non-hydrogen) atoms. The SMILES string of the molecule is Cc1ccc(C2=C(SC(C)C)C(=O)N(c3cc(Cl)ccc3C)C2=O)c(C)c1. The van der Waals surface area contributed by atoms with Crippen LogP contribution >= 0.6 is 23.4 Å². The number of halogens is 1. The van der Waals surface area contributed by atoms with E-state index in [1.165, 1.54) is 16.7 Å². The molecule has 0 spiro atoms. The third-order valence-electron chi connectivity index (χ3n) is 4.46. The summed E-state index contributed by atoms with van der Waals surface area (Å²) in [5.41, 5.74) is 4.77. The van der Waals surface area contributed by atoms with Crippen molar-refractivity contribution in [3.63, 3.8) is 0 Å². The highest BCUT2D eigenvalue weighted by molar-refractivity contribution is 8.04.